The number of fused-ring (bicyclic) bond motifs is 1. The minimum Gasteiger partial charge on any atom is -0.480 e. The third-order valence-corrected chi connectivity index (χ3v) is 3.77. The Bertz CT molecular complexity index is 545. The van der Waals surface area contributed by atoms with Crippen LogP contribution in [0.2, 0.25) is 0 Å². The number of aliphatic carboxylic acids is 1. The van der Waals surface area contributed by atoms with E-state index in [0.717, 1.165) is 21.4 Å². The monoisotopic (exact) mass is 326 g/mol. The summed E-state index contributed by atoms with van der Waals surface area (Å²) >= 11 is 3.47. The standard InChI is InChI=1S/C13H15BrN2O3/c1-8-5-9(14)13-10(6-8)15(2)11(17)3-4-16(13)7-12(18)19/h5-6H,3-4,7H2,1-2H3,(H,18,19). The van der Waals surface area contributed by atoms with Crippen LogP contribution in [0.1, 0.15) is 12.0 Å². The molecule has 0 saturated heterocycles. The van der Waals surface area contributed by atoms with E-state index in [1.54, 1.807) is 16.8 Å². The summed E-state index contributed by atoms with van der Waals surface area (Å²) in [5, 5.41) is 9.00. The van der Waals surface area contributed by atoms with Gasteiger partial charge in [-0.25, -0.2) is 0 Å². The molecule has 2 rings (SSSR count). The summed E-state index contributed by atoms with van der Waals surface area (Å²) in [7, 11) is 1.72. The lowest BCUT2D eigenvalue weighted by Crippen LogP contribution is -2.31. The van der Waals surface area contributed by atoms with Crippen LogP contribution in [0.4, 0.5) is 11.4 Å². The quantitative estimate of drug-likeness (QED) is 0.903. The molecule has 1 N–H and O–H groups in total. The predicted molar refractivity (Wildman–Crippen MR) is 76.8 cm³/mol. The number of hydrogen-bond acceptors (Lipinski definition) is 3. The van der Waals surface area contributed by atoms with Gasteiger partial charge < -0.3 is 14.9 Å². The van der Waals surface area contributed by atoms with E-state index in [2.05, 4.69) is 15.9 Å². The largest absolute Gasteiger partial charge is 0.480 e. The molecule has 0 bridgehead atoms. The average molecular weight is 327 g/mol. The van der Waals surface area contributed by atoms with E-state index in [4.69, 9.17) is 5.11 Å². The third kappa shape index (κ3) is 2.73. The second kappa shape index (κ2) is 5.21. The lowest BCUT2D eigenvalue weighted by atomic mass is 10.1. The highest BCUT2D eigenvalue weighted by atomic mass is 79.9. The Morgan fingerprint density at radius 1 is 1.47 bits per heavy atom. The van der Waals surface area contributed by atoms with Crippen LogP contribution in [0, 0.1) is 6.92 Å². The topological polar surface area (TPSA) is 60.9 Å². The van der Waals surface area contributed by atoms with Crippen molar-refractivity contribution in [2.24, 2.45) is 0 Å². The van der Waals surface area contributed by atoms with Crippen LogP contribution >= 0.6 is 15.9 Å². The molecule has 0 aliphatic carbocycles. The van der Waals surface area contributed by atoms with Gasteiger partial charge in [0, 0.05) is 24.5 Å². The number of halogens is 1. The van der Waals surface area contributed by atoms with Crippen LogP contribution in [0.15, 0.2) is 16.6 Å². The van der Waals surface area contributed by atoms with Gasteiger partial charge in [-0.2, -0.15) is 0 Å². The summed E-state index contributed by atoms with van der Waals surface area (Å²) in [6, 6.07) is 3.83. The maximum absolute atomic E-state index is 12.0. The second-order valence-electron chi connectivity index (χ2n) is 4.63. The molecule has 0 aromatic heterocycles. The number of rotatable bonds is 2. The van der Waals surface area contributed by atoms with Crippen molar-refractivity contribution in [2.45, 2.75) is 13.3 Å². The van der Waals surface area contributed by atoms with Crippen LogP contribution in [-0.4, -0.2) is 37.1 Å². The van der Waals surface area contributed by atoms with E-state index in [1.165, 1.54) is 0 Å². The first kappa shape index (κ1) is 13.9. The smallest absolute Gasteiger partial charge is 0.323 e. The molecule has 0 radical (unpaired) electrons. The second-order valence-corrected chi connectivity index (χ2v) is 5.49. The minimum atomic E-state index is -0.907. The molecule has 6 heteroatoms. The zero-order valence-corrected chi connectivity index (χ0v) is 12.4. The van der Waals surface area contributed by atoms with Crippen LogP contribution in [-0.2, 0) is 9.59 Å². The maximum Gasteiger partial charge on any atom is 0.323 e. The molecule has 102 valence electrons. The highest BCUT2D eigenvalue weighted by molar-refractivity contribution is 9.10. The number of carboxylic acid groups (broad SMARTS) is 1. The SMILES string of the molecule is Cc1cc(Br)c2c(c1)N(C)C(=O)CCN2CC(=O)O. The summed E-state index contributed by atoms with van der Waals surface area (Å²) in [4.78, 5) is 26.3. The van der Waals surface area contributed by atoms with Crippen molar-refractivity contribution in [3.63, 3.8) is 0 Å². The number of hydrogen-bond donors (Lipinski definition) is 1. The summed E-state index contributed by atoms with van der Waals surface area (Å²) in [6.45, 7) is 2.23. The highest BCUT2D eigenvalue weighted by Crippen LogP contribution is 2.39. The van der Waals surface area contributed by atoms with Gasteiger partial charge in [0.05, 0.1) is 11.4 Å². The van der Waals surface area contributed by atoms with Crippen molar-refractivity contribution in [3.8, 4) is 0 Å². The van der Waals surface area contributed by atoms with Gasteiger partial charge in [0.2, 0.25) is 5.91 Å². The van der Waals surface area contributed by atoms with Crippen molar-refractivity contribution in [3.05, 3.63) is 22.2 Å². The first-order chi connectivity index (χ1) is 8.90. The molecule has 0 atom stereocenters. The van der Waals surface area contributed by atoms with Crippen LogP contribution in [0.25, 0.3) is 0 Å². The van der Waals surface area contributed by atoms with Gasteiger partial charge in [0.25, 0.3) is 0 Å². The molecule has 0 unspecified atom stereocenters. The minimum absolute atomic E-state index is 0.00774. The summed E-state index contributed by atoms with van der Waals surface area (Å²) in [5.74, 6) is -0.915. The Morgan fingerprint density at radius 3 is 2.79 bits per heavy atom. The number of amides is 1. The van der Waals surface area contributed by atoms with Crippen molar-refractivity contribution < 1.29 is 14.7 Å². The van der Waals surface area contributed by atoms with E-state index in [0.29, 0.717) is 13.0 Å². The predicted octanol–water partition coefficient (Wildman–Crippen LogP) is 2.02. The van der Waals surface area contributed by atoms with E-state index in [9.17, 15) is 9.59 Å². The van der Waals surface area contributed by atoms with E-state index < -0.39 is 5.97 Å². The van der Waals surface area contributed by atoms with Crippen molar-refractivity contribution in [2.75, 3.05) is 29.9 Å². The first-order valence-electron chi connectivity index (χ1n) is 5.93. The Balaban J connectivity index is 2.57. The highest BCUT2D eigenvalue weighted by Gasteiger charge is 2.26. The summed E-state index contributed by atoms with van der Waals surface area (Å²) < 4.78 is 0.810. The fourth-order valence-corrected chi connectivity index (χ4v) is 3.07. The molecule has 1 aliphatic rings. The summed E-state index contributed by atoms with van der Waals surface area (Å²) in [5.41, 5.74) is 2.53. The number of benzene rings is 1. The van der Waals surface area contributed by atoms with E-state index >= 15 is 0 Å². The Labute approximate surface area is 119 Å². The van der Waals surface area contributed by atoms with Crippen molar-refractivity contribution in [1.29, 1.82) is 0 Å². The molecule has 0 fully saturated rings. The van der Waals surface area contributed by atoms with Gasteiger partial charge in [0.15, 0.2) is 0 Å². The number of carbonyl (C=O) groups is 2. The van der Waals surface area contributed by atoms with Crippen LogP contribution in [0.5, 0.6) is 0 Å². The number of nitrogens with zero attached hydrogens (tertiary/aromatic N) is 2. The summed E-state index contributed by atoms with van der Waals surface area (Å²) in [6.07, 6.45) is 0.309. The maximum atomic E-state index is 12.0. The van der Waals surface area contributed by atoms with Crippen LogP contribution < -0.4 is 9.80 Å². The Morgan fingerprint density at radius 2 is 2.16 bits per heavy atom. The van der Waals surface area contributed by atoms with E-state index in [-0.39, 0.29) is 12.5 Å². The average Bonchev–Trinajstić information content (AvgIpc) is 2.41. The molecule has 1 aromatic carbocycles. The lowest BCUT2D eigenvalue weighted by molar-refractivity contribution is -0.135. The molecule has 1 heterocycles. The normalized spacial score (nSPS) is 15.2. The molecule has 1 aliphatic heterocycles. The molecule has 0 saturated carbocycles. The number of carboxylic acids is 1. The molecule has 1 amide bonds. The fraction of sp³-hybridized carbons (Fsp3) is 0.385. The number of anilines is 2. The van der Waals surface area contributed by atoms with Gasteiger partial charge in [0.1, 0.15) is 6.54 Å². The Kier molecular flexibility index (Phi) is 3.80. The lowest BCUT2D eigenvalue weighted by Gasteiger charge is -2.25. The van der Waals surface area contributed by atoms with Crippen LogP contribution in [0.3, 0.4) is 0 Å². The van der Waals surface area contributed by atoms with Crippen molar-refractivity contribution in [1.82, 2.24) is 0 Å². The van der Waals surface area contributed by atoms with Gasteiger partial charge in [-0.05, 0) is 40.5 Å². The van der Waals surface area contributed by atoms with Gasteiger partial charge in [-0.1, -0.05) is 0 Å². The van der Waals surface area contributed by atoms with E-state index in [1.807, 2.05) is 19.1 Å². The molecule has 1 aromatic rings. The van der Waals surface area contributed by atoms with Gasteiger partial charge >= 0.3 is 5.97 Å². The van der Waals surface area contributed by atoms with Crippen molar-refractivity contribution >= 4 is 39.2 Å². The molecular formula is C13H15BrN2O3. The number of aryl methyl sites for hydroxylation is 1. The molecule has 0 spiro atoms. The molecule has 5 nitrogen and oxygen atoms in total. The fourth-order valence-electron chi connectivity index (χ4n) is 2.25. The van der Waals surface area contributed by atoms with Gasteiger partial charge in [-0.15, -0.1) is 0 Å². The third-order valence-electron chi connectivity index (χ3n) is 3.16. The molecule has 19 heavy (non-hydrogen) atoms. The van der Waals surface area contributed by atoms with Gasteiger partial charge in [-0.3, -0.25) is 9.59 Å². The zero-order valence-electron chi connectivity index (χ0n) is 10.8. The molecular weight excluding hydrogens is 312 g/mol. The first-order valence-corrected chi connectivity index (χ1v) is 6.73. The Hall–Kier alpha value is -1.56. The number of carbonyl (C=O) groups excluding carboxylic acids is 1. The zero-order chi connectivity index (χ0) is 14.2.